The zero-order valence-electron chi connectivity index (χ0n) is 11.1. The first-order valence-electron chi connectivity index (χ1n) is 6.54. The summed E-state index contributed by atoms with van der Waals surface area (Å²) in [7, 11) is 0. The molecule has 1 heterocycles. The molecule has 2 rings (SSSR count). The molecule has 2 atom stereocenters. The smallest absolute Gasteiger partial charge is 0.253 e. The minimum atomic E-state index is -0.0273. The van der Waals surface area contributed by atoms with Gasteiger partial charge < -0.3 is 11.1 Å². The second-order valence-electron chi connectivity index (χ2n) is 5.23. The van der Waals surface area contributed by atoms with Crippen LogP contribution in [0.2, 0.25) is 0 Å². The summed E-state index contributed by atoms with van der Waals surface area (Å²) >= 11 is 0. The Morgan fingerprint density at radius 2 is 2.22 bits per heavy atom. The van der Waals surface area contributed by atoms with Gasteiger partial charge in [-0.3, -0.25) is 9.78 Å². The first-order valence-corrected chi connectivity index (χ1v) is 6.54. The van der Waals surface area contributed by atoms with E-state index in [-0.39, 0.29) is 5.91 Å². The van der Waals surface area contributed by atoms with E-state index >= 15 is 0 Å². The molecule has 0 saturated heterocycles. The highest BCUT2D eigenvalue weighted by Gasteiger charge is 2.22. The molecule has 1 aromatic rings. The summed E-state index contributed by atoms with van der Waals surface area (Å²) in [6.07, 6.45) is 3.21. The van der Waals surface area contributed by atoms with Crippen LogP contribution in [0.25, 0.3) is 0 Å². The van der Waals surface area contributed by atoms with Crippen LogP contribution in [0.3, 0.4) is 0 Å². The monoisotopic (exact) mass is 247 g/mol. The van der Waals surface area contributed by atoms with Crippen molar-refractivity contribution in [3.63, 3.8) is 0 Å². The molecule has 1 saturated carbocycles. The highest BCUT2D eigenvalue weighted by Crippen LogP contribution is 2.23. The number of carbonyl (C=O) groups is 1. The van der Waals surface area contributed by atoms with Crippen molar-refractivity contribution in [3.8, 4) is 0 Å². The average Bonchev–Trinajstić information content (AvgIpc) is 2.72. The van der Waals surface area contributed by atoms with E-state index in [0.717, 1.165) is 37.2 Å². The molecule has 2 unspecified atom stereocenters. The number of nitrogens with one attached hydrogen (secondary N) is 1. The Morgan fingerprint density at radius 1 is 1.44 bits per heavy atom. The highest BCUT2D eigenvalue weighted by molar-refractivity contribution is 5.95. The van der Waals surface area contributed by atoms with E-state index in [1.54, 1.807) is 0 Å². The van der Waals surface area contributed by atoms with Crippen LogP contribution >= 0.6 is 0 Å². The second kappa shape index (κ2) is 5.48. The minimum absolute atomic E-state index is 0.0273. The number of aryl methyl sites for hydroxylation is 2. The van der Waals surface area contributed by atoms with Crippen LogP contribution in [0.1, 0.15) is 41.0 Å². The van der Waals surface area contributed by atoms with E-state index in [1.165, 1.54) is 0 Å². The zero-order chi connectivity index (χ0) is 13.1. The fourth-order valence-electron chi connectivity index (χ4n) is 2.56. The lowest BCUT2D eigenvalue weighted by molar-refractivity contribution is 0.0946. The summed E-state index contributed by atoms with van der Waals surface area (Å²) in [5.41, 5.74) is 8.25. The van der Waals surface area contributed by atoms with Crippen molar-refractivity contribution in [2.24, 2.45) is 11.7 Å². The van der Waals surface area contributed by atoms with Gasteiger partial charge in [-0.05, 0) is 51.2 Å². The Kier molecular flexibility index (Phi) is 3.97. The van der Waals surface area contributed by atoms with Gasteiger partial charge >= 0.3 is 0 Å². The van der Waals surface area contributed by atoms with Gasteiger partial charge in [-0.15, -0.1) is 0 Å². The van der Waals surface area contributed by atoms with Gasteiger partial charge in [0.1, 0.15) is 0 Å². The molecule has 3 N–H and O–H groups in total. The number of rotatable bonds is 3. The number of amides is 1. The van der Waals surface area contributed by atoms with Crippen LogP contribution in [-0.2, 0) is 0 Å². The number of aromatic nitrogens is 1. The average molecular weight is 247 g/mol. The summed E-state index contributed by atoms with van der Waals surface area (Å²) in [4.78, 5) is 16.3. The molecule has 18 heavy (non-hydrogen) atoms. The van der Waals surface area contributed by atoms with Gasteiger partial charge in [0.2, 0.25) is 0 Å². The van der Waals surface area contributed by atoms with Crippen LogP contribution in [-0.4, -0.2) is 23.5 Å². The van der Waals surface area contributed by atoms with E-state index in [1.807, 2.05) is 26.0 Å². The summed E-state index contributed by atoms with van der Waals surface area (Å²) in [6, 6.07) is 4.02. The summed E-state index contributed by atoms with van der Waals surface area (Å²) in [6.45, 7) is 4.52. The first kappa shape index (κ1) is 13.0. The van der Waals surface area contributed by atoms with Crippen LogP contribution in [0.15, 0.2) is 12.1 Å². The Labute approximate surface area is 108 Å². The maximum atomic E-state index is 12.0. The first-order chi connectivity index (χ1) is 8.56. The lowest BCUT2D eigenvalue weighted by atomic mass is 10.1. The Morgan fingerprint density at radius 3 is 2.83 bits per heavy atom. The highest BCUT2D eigenvalue weighted by atomic mass is 16.1. The van der Waals surface area contributed by atoms with Crippen LogP contribution < -0.4 is 11.1 Å². The molecule has 0 bridgehead atoms. The van der Waals surface area contributed by atoms with Crippen LogP contribution in [0.5, 0.6) is 0 Å². The molecule has 4 heteroatoms. The largest absolute Gasteiger partial charge is 0.352 e. The maximum absolute atomic E-state index is 12.0. The Bertz CT molecular complexity index is 445. The quantitative estimate of drug-likeness (QED) is 0.851. The second-order valence-corrected chi connectivity index (χ2v) is 5.23. The number of hydrogen-bond acceptors (Lipinski definition) is 3. The van der Waals surface area contributed by atoms with E-state index in [2.05, 4.69) is 10.3 Å². The van der Waals surface area contributed by atoms with Gasteiger partial charge in [-0.25, -0.2) is 0 Å². The molecule has 1 fully saturated rings. The van der Waals surface area contributed by atoms with E-state index in [9.17, 15) is 4.79 Å². The van der Waals surface area contributed by atoms with Crippen LogP contribution in [0.4, 0.5) is 0 Å². The van der Waals surface area contributed by atoms with Crippen molar-refractivity contribution in [1.82, 2.24) is 10.3 Å². The number of pyridine rings is 1. The number of nitrogens with two attached hydrogens (primary N) is 1. The molecular formula is C14H21N3O. The number of hydrogen-bond donors (Lipinski definition) is 2. The van der Waals surface area contributed by atoms with Gasteiger partial charge in [0.05, 0.1) is 11.3 Å². The molecule has 0 spiro atoms. The predicted octanol–water partition coefficient (Wildman–Crippen LogP) is 1.56. The molecule has 1 amide bonds. The molecule has 98 valence electrons. The zero-order valence-corrected chi connectivity index (χ0v) is 11.1. The minimum Gasteiger partial charge on any atom is -0.352 e. The van der Waals surface area contributed by atoms with Crippen molar-refractivity contribution >= 4 is 5.91 Å². The molecule has 1 aliphatic rings. The lowest BCUT2D eigenvalue weighted by Gasteiger charge is -2.12. The fraction of sp³-hybridized carbons (Fsp3) is 0.571. The predicted molar refractivity (Wildman–Crippen MR) is 71.4 cm³/mol. The van der Waals surface area contributed by atoms with Gasteiger partial charge in [0.15, 0.2) is 0 Å². The molecule has 1 aliphatic carbocycles. The summed E-state index contributed by atoms with van der Waals surface area (Å²) in [5, 5.41) is 2.99. The normalized spacial score (nSPS) is 23.1. The van der Waals surface area contributed by atoms with Crippen molar-refractivity contribution in [3.05, 3.63) is 29.1 Å². The third kappa shape index (κ3) is 3.07. The van der Waals surface area contributed by atoms with Crippen molar-refractivity contribution < 1.29 is 4.79 Å². The van der Waals surface area contributed by atoms with E-state index in [0.29, 0.717) is 17.5 Å². The Balaban J connectivity index is 1.91. The third-order valence-corrected chi connectivity index (χ3v) is 3.60. The Hall–Kier alpha value is -1.42. The van der Waals surface area contributed by atoms with Crippen LogP contribution in [0, 0.1) is 19.8 Å². The number of nitrogens with zero attached hydrogens (tertiary/aromatic N) is 1. The number of carbonyl (C=O) groups excluding carboxylic acids is 1. The maximum Gasteiger partial charge on any atom is 0.253 e. The summed E-state index contributed by atoms with van der Waals surface area (Å²) in [5.74, 6) is 0.503. The molecule has 0 aromatic carbocycles. The molecule has 0 radical (unpaired) electrons. The van der Waals surface area contributed by atoms with Gasteiger partial charge in [0, 0.05) is 18.3 Å². The molecule has 4 nitrogen and oxygen atoms in total. The van der Waals surface area contributed by atoms with E-state index < -0.39 is 0 Å². The standard InChI is InChI=1S/C14H21N3O/c1-9-3-6-13(10(2)17-9)14(18)16-8-11-4-5-12(15)7-11/h3,6,11-12H,4-5,7-8,15H2,1-2H3,(H,16,18). The molecule has 1 aromatic heterocycles. The van der Waals surface area contributed by atoms with E-state index in [4.69, 9.17) is 5.73 Å². The topological polar surface area (TPSA) is 68.0 Å². The lowest BCUT2D eigenvalue weighted by Crippen LogP contribution is -2.29. The van der Waals surface area contributed by atoms with Gasteiger partial charge in [-0.1, -0.05) is 0 Å². The summed E-state index contributed by atoms with van der Waals surface area (Å²) < 4.78 is 0. The van der Waals surface area contributed by atoms with Crippen molar-refractivity contribution in [1.29, 1.82) is 0 Å². The van der Waals surface area contributed by atoms with Crippen molar-refractivity contribution in [2.45, 2.75) is 39.2 Å². The van der Waals surface area contributed by atoms with Gasteiger partial charge in [-0.2, -0.15) is 0 Å². The third-order valence-electron chi connectivity index (χ3n) is 3.60. The van der Waals surface area contributed by atoms with Crippen molar-refractivity contribution in [2.75, 3.05) is 6.54 Å². The molecular weight excluding hydrogens is 226 g/mol. The fourth-order valence-corrected chi connectivity index (χ4v) is 2.56. The molecule has 0 aliphatic heterocycles. The van der Waals surface area contributed by atoms with Gasteiger partial charge in [0.25, 0.3) is 5.91 Å². The SMILES string of the molecule is Cc1ccc(C(=O)NCC2CCC(N)C2)c(C)n1.